The number of nitrogens with zero attached hydrogens (tertiary/aromatic N) is 2. The van der Waals surface area contributed by atoms with E-state index in [0.29, 0.717) is 6.04 Å². The molecular weight excluding hydrogens is 264 g/mol. The highest BCUT2D eigenvalue weighted by molar-refractivity contribution is 5.85. The number of hydrogen-bond acceptors (Lipinski definition) is 4. The molecule has 0 aromatic carbocycles. The van der Waals surface area contributed by atoms with E-state index in [2.05, 4.69) is 49.9 Å². The van der Waals surface area contributed by atoms with Gasteiger partial charge >= 0.3 is 0 Å². The first-order valence-electron chi connectivity index (χ1n) is 8.19. The predicted octanol–water partition coefficient (Wildman–Crippen LogP) is 0.787. The summed E-state index contributed by atoms with van der Waals surface area (Å²) in [4.78, 5) is 17.0. The zero-order valence-corrected chi connectivity index (χ0v) is 14.3. The number of rotatable bonds is 4. The van der Waals surface area contributed by atoms with Crippen molar-refractivity contribution in [1.29, 1.82) is 0 Å². The molecule has 2 atom stereocenters. The minimum Gasteiger partial charge on any atom is -0.368 e. The Morgan fingerprint density at radius 3 is 2.52 bits per heavy atom. The molecule has 1 aliphatic heterocycles. The minimum atomic E-state index is -0.508. The Morgan fingerprint density at radius 2 is 2.00 bits per heavy atom. The Labute approximate surface area is 129 Å². The zero-order chi connectivity index (χ0) is 15.8. The summed E-state index contributed by atoms with van der Waals surface area (Å²) in [7, 11) is 2.19. The van der Waals surface area contributed by atoms with Gasteiger partial charge in [-0.3, -0.25) is 14.6 Å². The highest BCUT2D eigenvalue weighted by atomic mass is 16.1. The van der Waals surface area contributed by atoms with E-state index >= 15 is 0 Å². The number of carbonyl (C=O) groups excluding carboxylic acids is 1. The van der Waals surface area contributed by atoms with Crippen LogP contribution in [-0.2, 0) is 4.79 Å². The first-order valence-corrected chi connectivity index (χ1v) is 8.19. The lowest BCUT2D eigenvalue weighted by Crippen LogP contribution is -2.61. The lowest BCUT2D eigenvalue weighted by atomic mass is 9.94. The average Bonchev–Trinajstić information content (AvgIpc) is 2.77. The number of nitrogens with two attached hydrogens (primary N) is 1. The van der Waals surface area contributed by atoms with Gasteiger partial charge in [-0.1, -0.05) is 0 Å². The van der Waals surface area contributed by atoms with Gasteiger partial charge in [0.2, 0.25) is 5.91 Å². The first kappa shape index (κ1) is 16.7. The van der Waals surface area contributed by atoms with Gasteiger partial charge in [0.1, 0.15) is 0 Å². The van der Waals surface area contributed by atoms with E-state index in [0.717, 1.165) is 38.9 Å². The number of likely N-dealkylation sites (N-methyl/N-ethyl adjacent to an activating group) is 1. The highest BCUT2D eigenvalue weighted by Crippen LogP contribution is 2.35. The van der Waals surface area contributed by atoms with E-state index in [9.17, 15) is 4.79 Å². The number of hydrogen-bond donors (Lipinski definition) is 2. The van der Waals surface area contributed by atoms with Crippen molar-refractivity contribution in [2.24, 2.45) is 5.73 Å². The molecule has 2 fully saturated rings. The van der Waals surface area contributed by atoms with Crippen LogP contribution in [0, 0.1) is 0 Å². The molecule has 1 saturated carbocycles. The van der Waals surface area contributed by atoms with Crippen molar-refractivity contribution in [2.45, 2.75) is 70.1 Å². The van der Waals surface area contributed by atoms with Gasteiger partial charge in [-0.05, 0) is 54.0 Å². The molecule has 2 unspecified atom stereocenters. The van der Waals surface area contributed by atoms with Gasteiger partial charge in [0, 0.05) is 37.3 Å². The summed E-state index contributed by atoms with van der Waals surface area (Å²) in [5.74, 6) is -0.188. The van der Waals surface area contributed by atoms with Gasteiger partial charge in [-0.15, -0.1) is 0 Å². The third-order valence-corrected chi connectivity index (χ3v) is 5.39. The molecule has 0 aromatic heterocycles. The molecule has 1 saturated heterocycles. The van der Waals surface area contributed by atoms with Crippen LogP contribution in [0.2, 0.25) is 0 Å². The maximum Gasteiger partial charge on any atom is 0.237 e. The summed E-state index contributed by atoms with van der Waals surface area (Å²) in [5.41, 5.74) is 5.41. The Kier molecular flexibility index (Phi) is 4.66. The second-order valence-electron chi connectivity index (χ2n) is 7.85. The van der Waals surface area contributed by atoms with Crippen molar-refractivity contribution in [3.05, 3.63) is 0 Å². The summed E-state index contributed by atoms with van der Waals surface area (Å²) < 4.78 is 0. The zero-order valence-electron chi connectivity index (χ0n) is 14.3. The van der Waals surface area contributed by atoms with Crippen LogP contribution >= 0.6 is 0 Å². The molecule has 5 heteroatoms. The Balaban J connectivity index is 2.06. The molecule has 5 nitrogen and oxygen atoms in total. The molecule has 2 aliphatic rings. The van der Waals surface area contributed by atoms with Crippen LogP contribution < -0.4 is 11.1 Å². The molecule has 3 N–H and O–H groups in total. The van der Waals surface area contributed by atoms with Gasteiger partial charge in [0.25, 0.3) is 0 Å². The molecule has 0 spiro atoms. The highest BCUT2D eigenvalue weighted by Gasteiger charge is 2.47. The van der Waals surface area contributed by atoms with E-state index in [-0.39, 0.29) is 17.5 Å². The number of piperazine rings is 1. The van der Waals surface area contributed by atoms with Crippen LogP contribution in [0.25, 0.3) is 0 Å². The number of nitrogens with one attached hydrogen (secondary N) is 1. The molecule has 1 aliphatic carbocycles. The van der Waals surface area contributed by atoms with Crippen LogP contribution in [0.4, 0.5) is 0 Å². The van der Waals surface area contributed by atoms with Gasteiger partial charge in [-0.2, -0.15) is 0 Å². The van der Waals surface area contributed by atoms with E-state index in [1.807, 2.05) is 0 Å². The van der Waals surface area contributed by atoms with Crippen molar-refractivity contribution in [3.63, 3.8) is 0 Å². The lowest BCUT2D eigenvalue weighted by molar-refractivity contribution is -0.124. The van der Waals surface area contributed by atoms with Crippen LogP contribution in [0.5, 0.6) is 0 Å². The molecule has 0 aromatic rings. The summed E-state index contributed by atoms with van der Waals surface area (Å²) in [6, 6.07) is 0.747. The standard InChI is InChI=1S/C16H32N4O/c1-12(2)18-16(14(17)21)7-6-13(10-16)20-9-8-19(5)15(3,4)11-20/h12-13,18H,6-11H2,1-5H3,(H2,17,21). The second-order valence-corrected chi connectivity index (χ2v) is 7.85. The van der Waals surface area contributed by atoms with Crippen molar-refractivity contribution < 1.29 is 4.79 Å². The van der Waals surface area contributed by atoms with Gasteiger partial charge in [-0.25, -0.2) is 0 Å². The number of primary amides is 1. The fraction of sp³-hybridized carbons (Fsp3) is 0.938. The van der Waals surface area contributed by atoms with Gasteiger partial charge in [0.15, 0.2) is 0 Å². The first-order chi connectivity index (χ1) is 9.66. The van der Waals surface area contributed by atoms with E-state index in [1.165, 1.54) is 0 Å². The summed E-state index contributed by atoms with van der Waals surface area (Å²) in [6.07, 6.45) is 2.76. The molecular formula is C16H32N4O. The fourth-order valence-corrected chi connectivity index (χ4v) is 3.90. The van der Waals surface area contributed by atoms with Gasteiger partial charge in [0.05, 0.1) is 5.54 Å². The Bertz CT molecular complexity index is 396. The maximum atomic E-state index is 12.0. The SMILES string of the molecule is CC(C)NC1(C(N)=O)CCC(N2CCN(C)C(C)(C)C2)C1. The maximum absolute atomic E-state index is 12.0. The van der Waals surface area contributed by atoms with Crippen molar-refractivity contribution in [1.82, 2.24) is 15.1 Å². The summed E-state index contributed by atoms with van der Waals surface area (Å²) >= 11 is 0. The minimum absolute atomic E-state index is 0.188. The lowest BCUT2D eigenvalue weighted by Gasteiger charge is -2.47. The van der Waals surface area contributed by atoms with E-state index in [1.54, 1.807) is 0 Å². The van der Waals surface area contributed by atoms with Crippen molar-refractivity contribution >= 4 is 5.91 Å². The molecule has 21 heavy (non-hydrogen) atoms. The number of amides is 1. The van der Waals surface area contributed by atoms with E-state index < -0.39 is 5.54 Å². The molecule has 1 amide bonds. The van der Waals surface area contributed by atoms with Gasteiger partial charge < -0.3 is 11.1 Å². The smallest absolute Gasteiger partial charge is 0.237 e. The third-order valence-electron chi connectivity index (χ3n) is 5.39. The second kappa shape index (κ2) is 5.86. The summed E-state index contributed by atoms with van der Waals surface area (Å²) in [6.45, 7) is 12.0. The largest absolute Gasteiger partial charge is 0.368 e. The molecule has 1 heterocycles. The topological polar surface area (TPSA) is 61.6 Å². The normalized spacial score (nSPS) is 34.5. The quantitative estimate of drug-likeness (QED) is 0.805. The Hall–Kier alpha value is -0.650. The summed E-state index contributed by atoms with van der Waals surface area (Å²) in [5, 5.41) is 3.44. The third kappa shape index (κ3) is 3.41. The van der Waals surface area contributed by atoms with Crippen molar-refractivity contribution in [2.75, 3.05) is 26.7 Å². The molecule has 0 radical (unpaired) electrons. The fourth-order valence-electron chi connectivity index (χ4n) is 3.90. The van der Waals surface area contributed by atoms with Crippen LogP contribution in [0.1, 0.15) is 47.0 Å². The predicted molar refractivity (Wildman–Crippen MR) is 86.1 cm³/mol. The van der Waals surface area contributed by atoms with Crippen LogP contribution in [0.3, 0.4) is 0 Å². The van der Waals surface area contributed by atoms with Crippen LogP contribution in [0.15, 0.2) is 0 Å². The number of carbonyl (C=O) groups is 1. The monoisotopic (exact) mass is 296 g/mol. The molecule has 2 rings (SSSR count). The van der Waals surface area contributed by atoms with Crippen molar-refractivity contribution in [3.8, 4) is 0 Å². The molecule has 122 valence electrons. The molecule has 0 bridgehead atoms. The van der Waals surface area contributed by atoms with E-state index in [4.69, 9.17) is 5.73 Å². The Morgan fingerprint density at radius 1 is 1.33 bits per heavy atom. The average molecular weight is 296 g/mol. The van der Waals surface area contributed by atoms with Crippen LogP contribution in [-0.4, -0.2) is 65.6 Å².